The molecule has 28 heavy (non-hydrogen) atoms. The van der Waals surface area contributed by atoms with Crippen molar-refractivity contribution in [3.8, 4) is 0 Å². The Bertz CT molecular complexity index is 814. The number of likely N-dealkylation sites (tertiary alicyclic amines) is 1. The van der Waals surface area contributed by atoms with Gasteiger partial charge in [-0.05, 0) is 36.4 Å². The van der Waals surface area contributed by atoms with Gasteiger partial charge in [-0.1, -0.05) is 31.2 Å². The van der Waals surface area contributed by atoms with Crippen molar-refractivity contribution in [2.24, 2.45) is 13.0 Å². The average Bonchev–Trinajstić information content (AvgIpc) is 3.03. The summed E-state index contributed by atoms with van der Waals surface area (Å²) >= 11 is 0. The largest absolute Gasteiger partial charge is 0.435 e. The van der Waals surface area contributed by atoms with Gasteiger partial charge in [0.15, 0.2) is 5.69 Å². The summed E-state index contributed by atoms with van der Waals surface area (Å²) < 4.78 is 40.0. The van der Waals surface area contributed by atoms with Crippen LogP contribution in [0.2, 0.25) is 0 Å². The highest BCUT2D eigenvalue weighted by Gasteiger charge is 2.38. The summed E-state index contributed by atoms with van der Waals surface area (Å²) in [6.07, 6.45) is -1.08. The third-order valence-electron chi connectivity index (χ3n) is 4.97. The minimum atomic E-state index is -4.67. The maximum Gasteiger partial charge on any atom is 0.435 e. The zero-order valence-electron chi connectivity index (χ0n) is 16.1. The molecule has 1 aromatic heterocycles. The van der Waals surface area contributed by atoms with E-state index in [1.807, 2.05) is 24.3 Å². The van der Waals surface area contributed by atoms with Crippen molar-refractivity contribution in [2.45, 2.75) is 39.0 Å². The number of aromatic nitrogens is 2. The summed E-state index contributed by atoms with van der Waals surface area (Å²) in [5.74, 6) is -0.0656. The van der Waals surface area contributed by atoms with E-state index in [0.717, 1.165) is 42.0 Å². The number of benzene rings is 1. The van der Waals surface area contributed by atoms with Crippen LogP contribution in [0.3, 0.4) is 0 Å². The summed E-state index contributed by atoms with van der Waals surface area (Å²) in [5.41, 5.74) is 0.391. The Morgan fingerprint density at radius 1 is 1.25 bits per heavy atom. The topological polar surface area (TPSA) is 50.2 Å². The van der Waals surface area contributed by atoms with Gasteiger partial charge in [0.1, 0.15) is 0 Å². The third kappa shape index (κ3) is 5.13. The Hall–Kier alpha value is -2.35. The predicted molar refractivity (Wildman–Crippen MR) is 99.5 cm³/mol. The number of nitrogens with zero attached hydrogens (tertiary/aromatic N) is 3. The Labute approximate surface area is 162 Å². The Balaban J connectivity index is 1.57. The summed E-state index contributed by atoms with van der Waals surface area (Å²) in [7, 11) is 1.35. The first-order chi connectivity index (χ1) is 13.2. The van der Waals surface area contributed by atoms with Crippen LogP contribution in [-0.4, -0.2) is 33.7 Å². The zero-order valence-corrected chi connectivity index (χ0v) is 16.1. The number of rotatable bonds is 5. The number of hydrogen-bond acceptors (Lipinski definition) is 3. The molecule has 0 spiro atoms. The van der Waals surface area contributed by atoms with Crippen LogP contribution in [0.25, 0.3) is 0 Å². The van der Waals surface area contributed by atoms with Gasteiger partial charge in [-0.3, -0.25) is 14.4 Å². The molecule has 1 aliphatic heterocycles. The average molecular weight is 394 g/mol. The molecular formula is C20H25F3N4O. The normalized spacial score (nSPS) is 18.2. The molecule has 0 saturated carbocycles. The van der Waals surface area contributed by atoms with E-state index in [1.165, 1.54) is 25.5 Å². The van der Waals surface area contributed by atoms with E-state index >= 15 is 0 Å². The lowest BCUT2D eigenvalue weighted by Crippen LogP contribution is -2.33. The maximum atomic E-state index is 13.0. The van der Waals surface area contributed by atoms with Gasteiger partial charge in [-0.2, -0.15) is 18.3 Å². The number of carbonyl (C=O) groups excluding carboxylic acids is 1. The summed E-state index contributed by atoms with van der Waals surface area (Å²) in [4.78, 5) is 14.6. The van der Waals surface area contributed by atoms with Crippen LogP contribution in [0.4, 0.5) is 13.2 Å². The molecule has 0 bridgehead atoms. The predicted octanol–water partition coefficient (Wildman–Crippen LogP) is 3.60. The molecule has 8 heteroatoms. The maximum absolute atomic E-state index is 13.0. The minimum Gasteiger partial charge on any atom is -0.348 e. The molecule has 1 aliphatic rings. The van der Waals surface area contributed by atoms with Crippen molar-refractivity contribution in [3.63, 3.8) is 0 Å². The number of alkyl halides is 3. The molecule has 1 aromatic carbocycles. The van der Waals surface area contributed by atoms with E-state index in [2.05, 4.69) is 22.2 Å². The fourth-order valence-corrected chi connectivity index (χ4v) is 3.59. The van der Waals surface area contributed by atoms with Gasteiger partial charge in [0.2, 0.25) is 0 Å². The number of nitrogens with one attached hydrogen (secondary N) is 1. The summed E-state index contributed by atoms with van der Waals surface area (Å²) in [6.45, 7) is 5.53. The SMILES string of the molecule is CC1CCCN(Cc2ccc(CNC(=O)c3cn(C)nc3C(F)(F)F)cc2)C1. The van der Waals surface area contributed by atoms with Crippen LogP contribution in [-0.2, 0) is 26.3 Å². The number of amides is 1. The first-order valence-corrected chi connectivity index (χ1v) is 9.41. The number of carbonyl (C=O) groups is 1. The second kappa shape index (κ2) is 8.34. The van der Waals surface area contributed by atoms with E-state index in [1.54, 1.807) is 0 Å². The fraction of sp³-hybridized carbons (Fsp3) is 0.500. The molecular weight excluding hydrogens is 369 g/mol. The molecule has 152 valence electrons. The van der Waals surface area contributed by atoms with Gasteiger partial charge in [0.25, 0.3) is 5.91 Å². The van der Waals surface area contributed by atoms with E-state index < -0.39 is 23.3 Å². The number of piperidine rings is 1. The molecule has 1 saturated heterocycles. The highest BCUT2D eigenvalue weighted by atomic mass is 19.4. The van der Waals surface area contributed by atoms with Gasteiger partial charge in [-0.25, -0.2) is 0 Å². The zero-order chi connectivity index (χ0) is 20.3. The summed E-state index contributed by atoms with van der Waals surface area (Å²) in [6, 6.07) is 7.81. The molecule has 2 heterocycles. The van der Waals surface area contributed by atoms with Crippen LogP contribution in [0.15, 0.2) is 30.5 Å². The monoisotopic (exact) mass is 394 g/mol. The highest BCUT2D eigenvalue weighted by molar-refractivity contribution is 5.95. The van der Waals surface area contributed by atoms with Crippen LogP contribution in [0.5, 0.6) is 0 Å². The van der Waals surface area contributed by atoms with E-state index in [4.69, 9.17) is 0 Å². The Morgan fingerprint density at radius 2 is 1.93 bits per heavy atom. The van der Waals surface area contributed by atoms with Crippen molar-refractivity contribution in [3.05, 3.63) is 52.8 Å². The molecule has 1 fully saturated rings. The van der Waals surface area contributed by atoms with Crippen LogP contribution in [0, 0.1) is 5.92 Å². The Kier molecular flexibility index (Phi) is 6.07. The van der Waals surface area contributed by atoms with Crippen LogP contribution < -0.4 is 5.32 Å². The Morgan fingerprint density at radius 3 is 2.57 bits per heavy atom. The molecule has 0 radical (unpaired) electrons. The molecule has 3 rings (SSSR count). The molecule has 5 nitrogen and oxygen atoms in total. The number of aryl methyl sites for hydroxylation is 1. The van der Waals surface area contributed by atoms with Gasteiger partial charge < -0.3 is 5.32 Å². The van der Waals surface area contributed by atoms with Gasteiger partial charge in [0.05, 0.1) is 5.56 Å². The third-order valence-corrected chi connectivity index (χ3v) is 4.97. The first kappa shape index (κ1) is 20.4. The lowest BCUT2D eigenvalue weighted by atomic mass is 9.99. The van der Waals surface area contributed by atoms with Crippen LogP contribution >= 0.6 is 0 Å². The first-order valence-electron chi connectivity index (χ1n) is 9.41. The standard InChI is InChI=1S/C20H25F3N4O/c1-14-4-3-9-27(11-14)12-16-7-5-15(6-8-16)10-24-19(28)17-13-26(2)25-18(17)20(21,22)23/h5-8,13-14H,3-4,9-12H2,1-2H3,(H,24,28). The molecule has 1 unspecified atom stereocenters. The van der Waals surface area contributed by atoms with E-state index in [0.29, 0.717) is 0 Å². The molecule has 0 aliphatic carbocycles. The second-order valence-corrected chi connectivity index (χ2v) is 7.54. The van der Waals surface area contributed by atoms with E-state index in [-0.39, 0.29) is 6.54 Å². The quantitative estimate of drug-likeness (QED) is 0.843. The lowest BCUT2D eigenvalue weighted by Gasteiger charge is -2.30. The highest BCUT2D eigenvalue weighted by Crippen LogP contribution is 2.30. The van der Waals surface area contributed by atoms with Crippen molar-refractivity contribution >= 4 is 5.91 Å². The second-order valence-electron chi connectivity index (χ2n) is 7.54. The smallest absolute Gasteiger partial charge is 0.348 e. The van der Waals surface area contributed by atoms with Crippen LogP contribution in [0.1, 0.15) is 46.9 Å². The lowest BCUT2D eigenvalue weighted by molar-refractivity contribution is -0.141. The van der Waals surface area contributed by atoms with Crippen molar-refractivity contribution < 1.29 is 18.0 Å². The van der Waals surface area contributed by atoms with Crippen molar-refractivity contribution in [1.82, 2.24) is 20.0 Å². The van der Waals surface area contributed by atoms with Gasteiger partial charge >= 0.3 is 6.18 Å². The van der Waals surface area contributed by atoms with Crippen molar-refractivity contribution in [1.29, 1.82) is 0 Å². The van der Waals surface area contributed by atoms with Gasteiger partial charge in [0, 0.05) is 32.9 Å². The van der Waals surface area contributed by atoms with E-state index in [9.17, 15) is 18.0 Å². The minimum absolute atomic E-state index is 0.159. The fourth-order valence-electron chi connectivity index (χ4n) is 3.59. The molecule has 2 aromatic rings. The molecule has 1 N–H and O–H groups in total. The number of halogens is 3. The molecule has 1 amide bonds. The van der Waals surface area contributed by atoms with Crippen molar-refractivity contribution in [2.75, 3.05) is 13.1 Å². The number of hydrogen-bond donors (Lipinski definition) is 1. The van der Waals surface area contributed by atoms with Gasteiger partial charge in [-0.15, -0.1) is 0 Å². The summed E-state index contributed by atoms with van der Waals surface area (Å²) in [5, 5.41) is 5.90. The molecule has 1 atom stereocenters.